The Morgan fingerprint density at radius 3 is 2.03 bits per heavy atom. The minimum Gasteiger partial charge on any atom is -0.339 e. The summed E-state index contributed by atoms with van der Waals surface area (Å²) in [5.41, 5.74) is 1.25. The highest BCUT2D eigenvalue weighted by atomic mass is 79.9. The van der Waals surface area contributed by atoms with Crippen molar-refractivity contribution in [3.8, 4) is 0 Å². The fourth-order valence-electron chi connectivity index (χ4n) is 2.63. The van der Waals surface area contributed by atoms with Gasteiger partial charge in [0.15, 0.2) is 0 Å². The molecule has 0 spiro atoms. The summed E-state index contributed by atoms with van der Waals surface area (Å²) in [4.78, 5) is 26.7. The molecule has 7 nitrogen and oxygen atoms in total. The molecule has 0 heterocycles. The molecule has 0 unspecified atom stereocenters. The summed E-state index contributed by atoms with van der Waals surface area (Å²) in [5, 5.41) is 2.72. The lowest BCUT2D eigenvalue weighted by Crippen LogP contribution is -2.30. The maximum atomic E-state index is 12.6. The first kappa shape index (κ1) is 23.1. The summed E-state index contributed by atoms with van der Waals surface area (Å²) < 4.78 is 26.3. The van der Waals surface area contributed by atoms with Gasteiger partial charge in [-0.1, -0.05) is 0 Å². The summed E-state index contributed by atoms with van der Waals surface area (Å²) in [7, 11) is -0.848. The van der Waals surface area contributed by atoms with Crippen molar-refractivity contribution >= 4 is 43.5 Å². The Balaban J connectivity index is 2.22. The van der Waals surface area contributed by atoms with Crippen LogP contribution in [0.1, 0.15) is 34.6 Å². The van der Waals surface area contributed by atoms with E-state index in [-0.39, 0.29) is 16.4 Å². The molecule has 2 aromatic rings. The minimum absolute atomic E-state index is 0.00955. The zero-order chi connectivity index (χ0) is 21.8. The molecule has 0 saturated heterocycles. The first-order valence-corrected chi connectivity index (χ1v) is 11.3. The van der Waals surface area contributed by atoms with Crippen LogP contribution in [0.4, 0.5) is 5.69 Å². The Morgan fingerprint density at radius 1 is 0.966 bits per heavy atom. The van der Waals surface area contributed by atoms with Crippen molar-refractivity contribution in [2.75, 3.05) is 32.5 Å². The molecule has 0 aliphatic rings. The average molecular weight is 482 g/mol. The molecule has 0 aromatic heterocycles. The van der Waals surface area contributed by atoms with E-state index in [4.69, 9.17) is 0 Å². The van der Waals surface area contributed by atoms with E-state index < -0.39 is 15.9 Å². The van der Waals surface area contributed by atoms with Gasteiger partial charge in [-0.15, -0.1) is 0 Å². The number of amides is 2. The van der Waals surface area contributed by atoms with Crippen LogP contribution in [0.2, 0.25) is 0 Å². The summed E-state index contributed by atoms with van der Waals surface area (Å²) in [6.45, 7) is 5.07. The smallest absolute Gasteiger partial charge is 0.255 e. The van der Waals surface area contributed by atoms with Crippen LogP contribution < -0.4 is 5.32 Å². The van der Waals surface area contributed by atoms with Crippen LogP contribution in [0.15, 0.2) is 51.8 Å². The normalized spacial score (nSPS) is 11.4. The van der Waals surface area contributed by atoms with Gasteiger partial charge < -0.3 is 10.2 Å². The maximum absolute atomic E-state index is 12.6. The zero-order valence-corrected chi connectivity index (χ0v) is 19.2. The highest BCUT2D eigenvalue weighted by Crippen LogP contribution is 2.25. The second-order valence-corrected chi connectivity index (χ2v) is 9.42. The van der Waals surface area contributed by atoms with E-state index in [0.29, 0.717) is 28.8 Å². The molecule has 0 aliphatic heterocycles. The van der Waals surface area contributed by atoms with Crippen molar-refractivity contribution in [2.24, 2.45) is 0 Å². The number of carbonyl (C=O) groups excluding carboxylic acids is 2. The number of benzene rings is 2. The molecule has 2 aromatic carbocycles. The van der Waals surface area contributed by atoms with Gasteiger partial charge in [0.2, 0.25) is 10.0 Å². The van der Waals surface area contributed by atoms with Gasteiger partial charge in [-0.05, 0) is 72.2 Å². The molecular weight excluding hydrogens is 458 g/mol. The molecular formula is C20H24BrN3O4S. The standard InChI is InChI=1S/C20H24BrN3O4S/c1-5-24(6-2)20(26)14-7-10-16(11-8-14)22-19(25)15-9-12-17(21)18(13-15)29(27,28)23(3)4/h7-13H,5-6H2,1-4H3,(H,22,25). The van der Waals surface area contributed by atoms with E-state index in [1.54, 1.807) is 29.2 Å². The third-order valence-corrected chi connectivity index (χ3v) is 7.20. The van der Waals surface area contributed by atoms with Crippen LogP contribution in [0.3, 0.4) is 0 Å². The fourth-order valence-corrected chi connectivity index (χ4v) is 4.48. The van der Waals surface area contributed by atoms with E-state index >= 15 is 0 Å². The molecule has 0 radical (unpaired) electrons. The quantitative estimate of drug-likeness (QED) is 0.655. The fraction of sp³-hybridized carbons (Fsp3) is 0.300. The Kier molecular flexibility index (Phi) is 7.56. The van der Waals surface area contributed by atoms with Gasteiger partial charge >= 0.3 is 0 Å². The predicted octanol–water partition coefficient (Wildman–Crippen LogP) is 3.43. The topological polar surface area (TPSA) is 86.8 Å². The van der Waals surface area contributed by atoms with Gasteiger partial charge in [-0.2, -0.15) is 0 Å². The van der Waals surface area contributed by atoms with E-state index in [1.807, 2.05) is 13.8 Å². The van der Waals surface area contributed by atoms with Crippen molar-refractivity contribution in [1.82, 2.24) is 9.21 Å². The summed E-state index contributed by atoms with van der Waals surface area (Å²) in [6, 6.07) is 11.0. The number of nitrogens with one attached hydrogen (secondary N) is 1. The van der Waals surface area contributed by atoms with Crippen molar-refractivity contribution in [2.45, 2.75) is 18.7 Å². The molecule has 1 N–H and O–H groups in total. The predicted molar refractivity (Wildman–Crippen MR) is 117 cm³/mol. The molecule has 0 aliphatic carbocycles. The number of anilines is 1. The monoisotopic (exact) mass is 481 g/mol. The van der Waals surface area contributed by atoms with Gasteiger partial charge in [-0.25, -0.2) is 12.7 Å². The highest BCUT2D eigenvalue weighted by Gasteiger charge is 2.22. The first-order valence-electron chi connectivity index (χ1n) is 9.04. The minimum atomic E-state index is -3.70. The van der Waals surface area contributed by atoms with Crippen molar-refractivity contribution in [3.05, 3.63) is 58.1 Å². The van der Waals surface area contributed by atoms with Gasteiger partial charge in [0, 0.05) is 48.5 Å². The third kappa shape index (κ3) is 5.23. The number of sulfonamides is 1. The second-order valence-electron chi connectivity index (χ2n) is 6.44. The largest absolute Gasteiger partial charge is 0.339 e. The number of carbonyl (C=O) groups is 2. The van der Waals surface area contributed by atoms with Crippen LogP contribution in [-0.2, 0) is 10.0 Å². The number of halogens is 1. The Labute approximate surface area is 179 Å². The molecule has 0 bridgehead atoms. The molecule has 2 rings (SSSR count). The molecule has 0 saturated carbocycles. The van der Waals surface area contributed by atoms with E-state index in [2.05, 4.69) is 21.2 Å². The van der Waals surface area contributed by atoms with Crippen LogP contribution in [-0.4, -0.2) is 56.6 Å². The molecule has 29 heavy (non-hydrogen) atoms. The molecule has 0 fully saturated rings. The van der Waals surface area contributed by atoms with Crippen LogP contribution in [0.25, 0.3) is 0 Å². The third-order valence-electron chi connectivity index (χ3n) is 4.39. The lowest BCUT2D eigenvalue weighted by molar-refractivity contribution is 0.0773. The van der Waals surface area contributed by atoms with Crippen LogP contribution in [0, 0.1) is 0 Å². The Hall–Kier alpha value is -2.23. The van der Waals surface area contributed by atoms with Crippen molar-refractivity contribution in [3.63, 3.8) is 0 Å². The average Bonchev–Trinajstić information content (AvgIpc) is 2.69. The maximum Gasteiger partial charge on any atom is 0.255 e. The lowest BCUT2D eigenvalue weighted by atomic mass is 10.1. The number of rotatable bonds is 7. The van der Waals surface area contributed by atoms with Crippen molar-refractivity contribution in [1.29, 1.82) is 0 Å². The number of nitrogens with zero attached hydrogens (tertiary/aromatic N) is 2. The zero-order valence-electron chi connectivity index (χ0n) is 16.8. The lowest BCUT2D eigenvalue weighted by Gasteiger charge is -2.18. The van der Waals surface area contributed by atoms with E-state index in [0.717, 1.165) is 4.31 Å². The van der Waals surface area contributed by atoms with Crippen LogP contribution in [0.5, 0.6) is 0 Å². The Bertz CT molecular complexity index is 1000. The Morgan fingerprint density at radius 2 is 1.52 bits per heavy atom. The molecule has 0 atom stereocenters. The van der Waals surface area contributed by atoms with E-state index in [9.17, 15) is 18.0 Å². The van der Waals surface area contributed by atoms with Crippen molar-refractivity contribution < 1.29 is 18.0 Å². The molecule has 2 amide bonds. The van der Waals surface area contributed by atoms with Gasteiger partial charge in [0.05, 0.1) is 4.90 Å². The number of hydrogen-bond acceptors (Lipinski definition) is 4. The summed E-state index contributed by atoms with van der Waals surface area (Å²) in [6.07, 6.45) is 0. The van der Waals surface area contributed by atoms with Gasteiger partial charge in [0.25, 0.3) is 11.8 Å². The van der Waals surface area contributed by atoms with E-state index in [1.165, 1.54) is 32.3 Å². The molecule has 156 valence electrons. The van der Waals surface area contributed by atoms with Gasteiger partial charge in [0.1, 0.15) is 0 Å². The first-order chi connectivity index (χ1) is 13.6. The summed E-state index contributed by atoms with van der Waals surface area (Å²) in [5.74, 6) is -0.519. The highest BCUT2D eigenvalue weighted by molar-refractivity contribution is 9.10. The SMILES string of the molecule is CCN(CC)C(=O)c1ccc(NC(=O)c2ccc(Br)c(S(=O)(=O)N(C)C)c2)cc1. The van der Waals surface area contributed by atoms with Gasteiger partial charge in [-0.3, -0.25) is 9.59 Å². The second kappa shape index (κ2) is 9.51. The number of hydrogen-bond donors (Lipinski definition) is 1. The van der Waals surface area contributed by atoms with Crippen LogP contribution >= 0.6 is 15.9 Å². The molecule has 9 heteroatoms. The summed E-state index contributed by atoms with van der Waals surface area (Å²) >= 11 is 3.22.